The van der Waals surface area contributed by atoms with Crippen LogP contribution in [0.4, 0.5) is 14.5 Å². The first-order valence-electron chi connectivity index (χ1n) is 7.70. The van der Waals surface area contributed by atoms with Gasteiger partial charge in [0.15, 0.2) is 17.5 Å². The Bertz CT molecular complexity index is 1040. The summed E-state index contributed by atoms with van der Waals surface area (Å²) in [6.07, 6.45) is 0. The van der Waals surface area contributed by atoms with Crippen LogP contribution in [-0.2, 0) is 11.3 Å². The number of amides is 1. The first-order valence-corrected chi connectivity index (χ1v) is 7.70. The molecule has 0 aliphatic carbocycles. The number of hydrogen-bond acceptors (Lipinski definition) is 4. The quantitative estimate of drug-likeness (QED) is 0.772. The lowest BCUT2D eigenvalue weighted by Gasteiger charge is -2.09. The highest BCUT2D eigenvalue weighted by molar-refractivity contribution is 5.90. The molecule has 1 amide bonds. The molecule has 0 fully saturated rings. The molecule has 0 radical (unpaired) electrons. The van der Waals surface area contributed by atoms with Gasteiger partial charge in [0.25, 0.3) is 5.56 Å². The lowest BCUT2D eigenvalue weighted by molar-refractivity contribution is -0.117. The molecular formula is C17H15F2N5O2. The monoisotopic (exact) mass is 359 g/mol. The van der Waals surface area contributed by atoms with Crippen LogP contribution in [0.25, 0.3) is 5.82 Å². The number of aryl methyl sites for hydroxylation is 2. The normalized spacial score (nSPS) is 10.8. The van der Waals surface area contributed by atoms with Crippen molar-refractivity contribution in [3.8, 4) is 5.82 Å². The summed E-state index contributed by atoms with van der Waals surface area (Å²) >= 11 is 0. The Balaban J connectivity index is 1.81. The van der Waals surface area contributed by atoms with E-state index < -0.39 is 23.1 Å². The van der Waals surface area contributed by atoms with Crippen LogP contribution in [0.3, 0.4) is 0 Å². The van der Waals surface area contributed by atoms with Gasteiger partial charge in [-0.2, -0.15) is 5.10 Å². The summed E-state index contributed by atoms with van der Waals surface area (Å²) < 4.78 is 28.6. The molecule has 3 rings (SSSR count). The fraction of sp³-hybridized carbons (Fsp3) is 0.176. The third-order valence-corrected chi connectivity index (χ3v) is 3.58. The molecule has 0 atom stereocenters. The third kappa shape index (κ3) is 3.66. The highest BCUT2D eigenvalue weighted by Gasteiger charge is 2.11. The summed E-state index contributed by atoms with van der Waals surface area (Å²) in [5.74, 6) is -2.31. The van der Waals surface area contributed by atoms with Crippen molar-refractivity contribution in [1.29, 1.82) is 0 Å². The Hall–Kier alpha value is -3.36. The summed E-state index contributed by atoms with van der Waals surface area (Å²) in [4.78, 5) is 24.1. The number of nitrogens with zero attached hydrogens (tertiary/aromatic N) is 4. The second-order valence-electron chi connectivity index (χ2n) is 5.70. The Morgan fingerprint density at radius 3 is 2.50 bits per heavy atom. The van der Waals surface area contributed by atoms with Crippen molar-refractivity contribution >= 4 is 11.6 Å². The minimum Gasteiger partial charge on any atom is -0.324 e. The Morgan fingerprint density at radius 2 is 1.85 bits per heavy atom. The SMILES string of the molecule is Cc1cc(C)n(-c2ccc(=O)n(CC(=O)Nc3ccc(F)c(F)c3)n2)n1. The summed E-state index contributed by atoms with van der Waals surface area (Å²) in [6.45, 7) is 3.28. The van der Waals surface area contributed by atoms with E-state index in [1.54, 1.807) is 4.68 Å². The summed E-state index contributed by atoms with van der Waals surface area (Å²) in [5.41, 5.74) is 1.22. The number of hydrogen-bond donors (Lipinski definition) is 1. The summed E-state index contributed by atoms with van der Waals surface area (Å²) in [5, 5.41) is 10.8. The van der Waals surface area contributed by atoms with E-state index in [2.05, 4.69) is 15.5 Å². The van der Waals surface area contributed by atoms with Crippen LogP contribution in [-0.4, -0.2) is 25.5 Å². The molecule has 0 spiro atoms. The smallest absolute Gasteiger partial charge is 0.267 e. The van der Waals surface area contributed by atoms with Crippen LogP contribution >= 0.6 is 0 Å². The van der Waals surface area contributed by atoms with Crippen LogP contribution < -0.4 is 10.9 Å². The molecule has 0 aliphatic heterocycles. The van der Waals surface area contributed by atoms with Crippen molar-refractivity contribution in [1.82, 2.24) is 19.6 Å². The van der Waals surface area contributed by atoms with Crippen molar-refractivity contribution in [2.45, 2.75) is 20.4 Å². The molecule has 1 aromatic carbocycles. The highest BCUT2D eigenvalue weighted by Crippen LogP contribution is 2.13. The van der Waals surface area contributed by atoms with Crippen molar-refractivity contribution < 1.29 is 13.6 Å². The molecule has 0 bridgehead atoms. The Morgan fingerprint density at radius 1 is 1.08 bits per heavy atom. The van der Waals surface area contributed by atoms with Gasteiger partial charge in [-0.05, 0) is 38.1 Å². The van der Waals surface area contributed by atoms with Crippen molar-refractivity contribution in [2.75, 3.05) is 5.32 Å². The van der Waals surface area contributed by atoms with Gasteiger partial charge in [0.2, 0.25) is 5.91 Å². The zero-order chi connectivity index (χ0) is 18.8. The van der Waals surface area contributed by atoms with Crippen LogP contribution in [0.2, 0.25) is 0 Å². The number of benzene rings is 1. The van der Waals surface area contributed by atoms with Gasteiger partial charge in [-0.25, -0.2) is 18.1 Å². The molecule has 0 saturated carbocycles. The van der Waals surface area contributed by atoms with E-state index in [4.69, 9.17) is 0 Å². The molecule has 1 N–H and O–H groups in total. The van der Waals surface area contributed by atoms with E-state index in [-0.39, 0.29) is 12.2 Å². The van der Waals surface area contributed by atoms with E-state index in [0.717, 1.165) is 28.2 Å². The number of carbonyl (C=O) groups excluding carboxylic acids is 1. The number of carbonyl (C=O) groups is 1. The van der Waals surface area contributed by atoms with E-state index in [1.165, 1.54) is 18.2 Å². The fourth-order valence-corrected chi connectivity index (χ4v) is 2.44. The molecule has 7 nitrogen and oxygen atoms in total. The molecular weight excluding hydrogens is 344 g/mol. The fourth-order valence-electron chi connectivity index (χ4n) is 2.44. The highest BCUT2D eigenvalue weighted by atomic mass is 19.2. The Labute approximate surface area is 146 Å². The van der Waals surface area contributed by atoms with Crippen molar-refractivity contribution in [3.63, 3.8) is 0 Å². The zero-order valence-corrected chi connectivity index (χ0v) is 14.0. The molecule has 0 saturated heterocycles. The first kappa shape index (κ1) is 17.5. The second kappa shape index (κ2) is 6.87. The maximum Gasteiger partial charge on any atom is 0.267 e. The van der Waals surface area contributed by atoms with Crippen LogP contribution in [0.15, 0.2) is 41.2 Å². The average Bonchev–Trinajstić information content (AvgIpc) is 2.91. The van der Waals surface area contributed by atoms with Gasteiger partial charge in [0, 0.05) is 23.5 Å². The number of rotatable bonds is 4. The first-order chi connectivity index (χ1) is 12.3. The molecule has 2 aromatic heterocycles. The standard InChI is InChI=1S/C17H15F2N5O2/c1-10-7-11(2)24(21-10)15-5-6-17(26)23(22-15)9-16(25)20-12-3-4-13(18)14(19)8-12/h3-8H,9H2,1-2H3,(H,20,25). The lowest BCUT2D eigenvalue weighted by Crippen LogP contribution is -2.30. The van der Waals surface area contributed by atoms with Gasteiger partial charge in [-0.15, -0.1) is 5.10 Å². The van der Waals surface area contributed by atoms with Crippen LogP contribution in [0.1, 0.15) is 11.4 Å². The predicted molar refractivity (Wildman–Crippen MR) is 90.1 cm³/mol. The molecule has 26 heavy (non-hydrogen) atoms. The molecule has 9 heteroatoms. The summed E-state index contributed by atoms with van der Waals surface area (Å²) in [6, 6.07) is 7.62. The van der Waals surface area contributed by atoms with Gasteiger partial charge in [0.05, 0.1) is 5.69 Å². The molecule has 2 heterocycles. The topological polar surface area (TPSA) is 81.8 Å². The predicted octanol–water partition coefficient (Wildman–Crippen LogP) is 1.96. The van der Waals surface area contributed by atoms with Crippen LogP contribution in [0.5, 0.6) is 0 Å². The average molecular weight is 359 g/mol. The molecule has 3 aromatic rings. The van der Waals surface area contributed by atoms with Gasteiger partial charge in [-0.3, -0.25) is 9.59 Å². The Kier molecular flexibility index (Phi) is 4.61. The molecule has 0 aliphatic rings. The number of halogens is 2. The van der Waals surface area contributed by atoms with Gasteiger partial charge in [0.1, 0.15) is 6.54 Å². The largest absolute Gasteiger partial charge is 0.324 e. The van der Waals surface area contributed by atoms with Crippen molar-refractivity contribution in [3.05, 3.63) is 69.8 Å². The number of nitrogens with one attached hydrogen (secondary N) is 1. The van der Waals surface area contributed by atoms with Crippen LogP contribution in [0, 0.1) is 25.5 Å². The van der Waals surface area contributed by atoms with E-state index >= 15 is 0 Å². The second-order valence-corrected chi connectivity index (χ2v) is 5.70. The minimum atomic E-state index is -1.08. The number of aromatic nitrogens is 4. The van der Waals surface area contributed by atoms with E-state index in [9.17, 15) is 18.4 Å². The van der Waals surface area contributed by atoms with E-state index in [0.29, 0.717) is 5.82 Å². The minimum absolute atomic E-state index is 0.0802. The zero-order valence-electron chi connectivity index (χ0n) is 14.0. The number of anilines is 1. The third-order valence-electron chi connectivity index (χ3n) is 3.58. The van der Waals surface area contributed by atoms with Gasteiger partial charge < -0.3 is 5.32 Å². The van der Waals surface area contributed by atoms with Gasteiger partial charge >= 0.3 is 0 Å². The van der Waals surface area contributed by atoms with E-state index in [1.807, 2.05) is 19.9 Å². The van der Waals surface area contributed by atoms with Crippen molar-refractivity contribution in [2.24, 2.45) is 0 Å². The molecule has 0 unspecified atom stereocenters. The maximum absolute atomic E-state index is 13.2. The summed E-state index contributed by atoms with van der Waals surface area (Å²) in [7, 11) is 0. The molecule has 134 valence electrons. The maximum atomic E-state index is 13.2. The van der Waals surface area contributed by atoms with Gasteiger partial charge in [-0.1, -0.05) is 0 Å². The lowest BCUT2D eigenvalue weighted by atomic mass is 10.3.